The summed E-state index contributed by atoms with van der Waals surface area (Å²) >= 11 is 8.68. The van der Waals surface area contributed by atoms with Gasteiger partial charge in [0, 0.05) is 23.1 Å². The van der Waals surface area contributed by atoms with Crippen molar-refractivity contribution in [2.24, 2.45) is 0 Å². The number of carbonyl (C=O) groups excluding carboxylic acids is 2. The maximum Gasteiger partial charge on any atom is 0.351 e. The Bertz CT molecular complexity index is 1080. The minimum atomic E-state index is -1.11. The average molecular weight is 452 g/mol. The van der Waals surface area contributed by atoms with Crippen LogP contribution < -0.4 is 5.32 Å². The van der Waals surface area contributed by atoms with E-state index in [1.54, 1.807) is 6.92 Å². The molecule has 0 spiro atoms. The van der Waals surface area contributed by atoms with Crippen LogP contribution in [0.15, 0.2) is 35.0 Å². The summed E-state index contributed by atoms with van der Waals surface area (Å²) in [6.45, 7) is 3.12. The molecule has 0 fully saturated rings. The number of hydrogen-bond donors (Lipinski definition) is 1. The van der Waals surface area contributed by atoms with E-state index in [1.165, 1.54) is 41.7 Å². The lowest BCUT2D eigenvalue weighted by Gasteiger charge is -2.13. The number of aryl methyl sites for hydroxylation is 1. The molecule has 0 radical (unpaired) electrons. The van der Waals surface area contributed by atoms with Gasteiger partial charge in [-0.1, -0.05) is 11.6 Å². The number of nitro benzene ring substituents is 1. The number of halogens is 1. The number of thiazole rings is 1. The van der Waals surface area contributed by atoms with Crippen LogP contribution in [0.1, 0.15) is 22.3 Å². The standard InChI is InChI=1S/C18H14ClN3O5S2/c1-9-15(29-17(20-9)11-5-6-28-8-11)18(24)27-10(2)16(23)21-14-4-3-12(22(25)26)7-13(14)19/h3-8,10H,1-2H3,(H,21,23). The van der Waals surface area contributed by atoms with Gasteiger partial charge in [0.05, 0.1) is 21.3 Å². The number of nitrogens with zero attached hydrogens (tertiary/aromatic N) is 2. The van der Waals surface area contributed by atoms with Crippen molar-refractivity contribution >= 4 is 57.5 Å². The van der Waals surface area contributed by atoms with Gasteiger partial charge in [0.15, 0.2) is 6.10 Å². The SMILES string of the molecule is Cc1nc(-c2ccsc2)sc1C(=O)OC(C)C(=O)Nc1ccc([N+](=O)[O-])cc1Cl. The van der Waals surface area contributed by atoms with E-state index in [2.05, 4.69) is 10.3 Å². The Labute approximate surface area is 178 Å². The summed E-state index contributed by atoms with van der Waals surface area (Å²) in [5.41, 5.74) is 1.42. The smallest absolute Gasteiger partial charge is 0.351 e. The lowest BCUT2D eigenvalue weighted by Crippen LogP contribution is -2.30. The third kappa shape index (κ3) is 4.78. The topological polar surface area (TPSA) is 111 Å². The molecule has 1 N–H and O–H groups in total. The number of nitrogens with one attached hydrogen (secondary N) is 1. The fourth-order valence-electron chi connectivity index (χ4n) is 2.32. The summed E-state index contributed by atoms with van der Waals surface area (Å²) in [5.74, 6) is -1.27. The van der Waals surface area contributed by atoms with Crippen LogP contribution in [0.5, 0.6) is 0 Å². The molecular formula is C18H14ClN3O5S2. The molecule has 8 nitrogen and oxygen atoms in total. The van der Waals surface area contributed by atoms with E-state index >= 15 is 0 Å². The number of thiophene rings is 1. The highest BCUT2D eigenvalue weighted by molar-refractivity contribution is 7.17. The number of anilines is 1. The minimum absolute atomic E-state index is 0.00443. The number of nitro groups is 1. The third-order valence-corrected chi connectivity index (χ3v) is 6.01. The molecule has 0 aliphatic carbocycles. The van der Waals surface area contributed by atoms with Crippen molar-refractivity contribution < 1.29 is 19.2 Å². The van der Waals surface area contributed by atoms with E-state index in [-0.39, 0.29) is 16.4 Å². The van der Waals surface area contributed by atoms with E-state index in [4.69, 9.17) is 16.3 Å². The normalized spacial score (nSPS) is 11.7. The Kier molecular flexibility index (Phi) is 6.26. The fourth-order valence-corrected chi connectivity index (χ4v) is 4.20. The van der Waals surface area contributed by atoms with E-state index in [0.29, 0.717) is 15.6 Å². The second-order valence-electron chi connectivity index (χ2n) is 5.90. The third-order valence-electron chi connectivity index (χ3n) is 3.82. The Balaban J connectivity index is 1.67. The highest BCUT2D eigenvalue weighted by Gasteiger charge is 2.24. The van der Waals surface area contributed by atoms with Gasteiger partial charge in [-0.15, -0.1) is 11.3 Å². The summed E-state index contributed by atoms with van der Waals surface area (Å²) in [6, 6.07) is 5.56. The van der Waals surface area contributed by atoms with Crippen molar-refractivity contribution in [1.29, 1.82) is 0 Å². The van der Waals surface area contributed by atoms with Crippen molar-refractivity contribution in [3.63, 3.8) is 0 Å². The molecule has 0 saturated heterocycles. The van der Waals surface area contributed by atoms with E-state index in [0.717, 1.165) is 11.6 Å². The van der Waals surface area contributed by atoms with Gasteiger partial charge >= 0.3 is 5.97 Å². The molecule has 1 aromatic carbocycles. The molecule has 2 heterocycles. The van der Waals surface area contributed by atoms with Gasteiger partial charge in [-0.05, 0) is 31.4 Å². The minimum Gasteiger partial charge on any atom is -0.448 e. The first-order valence-electron chi connectivity index (χ1n) is 8.22. The molecule has 150 valence electrons. The van der Waals surface area contributed by atoms with Gasteiger partial charge in [0.2, 0.25) is 0 Å². The highest BCUT2D eigenvalue weighted by Crippen LogP contribution is 2.30. The summed E-state index contributed by atoms with van der Waals surface area (Å²) < 4.78 is 5.25. The molecule has 3 rings (SSSR count). The van der Waals surface area contributed by atoms with Crippen molar-refractivity contribution in [2.45, 2.75) is 20.0 Å². The van der Waals surface area contributed by atoms with Crippen molar-refractivity contribution in [2.75, 3.05) is 5.32 Å². The molecule has 2 aromatic heterocycles. The predicted molar refractivity (Wildman–Crippen MR) is 112 cm³/mol. The molecule has 1 unspecified atom stereocenters. The molecule has 29 heavy (non-hydrogen) atoms. The number of benzene rings is 1. The number of carbonyl (C=O) groups is 2. The van der Waals surface area contributed by atoms with Crippen molar-refractivity contribution in [1.82, 2.24) is 4.98 Å². The van der Waals surface area contributed by atoms with E-state index in [1.807, 2.05) is 16.8 Å². The molecule has 0 aliphatic rings. The molecular weight excluding hydrogens is 438 g/mol. The number of ether oxygens (including phenoxy) is 1. The summed E-state index contributed by atoms with van der Waals surface area (Å²) in [6.07, 6.45) is -1.11. The molecule has 0 bridgehead atoms. The zero-order valence-electron chi connectivity index (χ0n) is 15.2. The predicted octanol–water partition coefficient (Wildman–Crippen LogP) is 4.93. The van der Waals surface area contributed by atoms with Gasteiger partial charge in [-0.25, -0.2) is 9.78 Å². The number of aromatic nitrogens is 1. The number of hydrogen-bond acceptors (Lipinski definition) is 8. The van der Waals surface area contributed by atoms with Crippen LogP contribution in [-0.2, 0) is 9.53 Å². The van der Waals surface area contributed by atoms with E-state index in [9.17, 15) is 19.7 Å². The largest absolute Gasteiger partial charge is 0.448 e. The lowest BCUT2D eigenvalue weighted by atomic mass is 10.2. The van der Waals surface area contributed by atoms with Gasteiger partial charge in [0.25, 0.3) is 11.6 Å². The Morgan fingerprint density at radius 1 is 1.34 bits per heavy atom. The fraction of sp³-hybridized carbons (Fsp3) is 0.167. The van der Waals surface area contributed by atoms with Crippen LogP contribution >= 0.6 is 34.3 Å². The van der Waals surface area contributed by atoms with Gasteiger partial charge in [-0.2, -0.15) is 11.3 Å². The number of esters is 1. The Morgan fingerprint density at radius 3 is 2.72 bits per heavy atom. The zero-order chi connectivity index (χ0) is 21.1. The first-order chi connectivity index (χ1) is 13.8. The second kappa shape index (κ2) is 8.68. The second-order valence-corrected chi connectivity index (χ2v) is 8.09. The quantitative estimate of drug-likeness (QED) is 0.323. The number of amides is 1. The Hall–Kier alpha value is -2.82. The summed E-state index contributed by atoms with van der Waals surface area (Å²) in [4.78, 5) is 39.7. The number of non-ortho nitro benzene ring substituents is 1. The van der Waals surface area contributed by atoms with Crippen LogP contribution in [-0.4, -0.2) is 27.9 Å². The zero-order valence-corrected chi connectivity index (χ0v) is 17.6. The van der Waals surface area contributed by atoms with Gasteiger partial charge < -0.3 is 10.1 Å². The monoisotopic (exact) mass is 451 g/mol. The van der Waals surface area contributed by atoms with Crippen LogP contribution in [0, 0.1) is 17.0 Å². The maximum absolute atomic E-state index is 12.5. The van der Waals surface area contributed by atoms with Gasteiger partial charge in [0.1, 0.15) is 9.88 Å². The molecule has 11 heteroatoms. The van der Waals surface area contributed by atoms with Crippen LogP contribution in [0.3, 0.4) is 0 Å². The highest BCUT2D eigenvalue weighted by atomic mass is 35.5. The first kappa shape index (κ1) is 20.9. The average Bonchev–Trinajstić information content (AvgIpc) is 3.32. The van der Waals surface area contributed by atoms with E-state index < -0.39 is 22.9 Å². The Morgan fingerprint density at radius 2 is 2.10 bits per heavy atom. The number of rotatable bonds is 6. The van der Waals surface area contributed by atoms with Gasteiger partial charge in [-0.3, -0.25) is 14.9 Å². The van der Waals surface area contributed by atoms with Crippen molar-refractivity contribution in [3.8, 4) is 10.6 Å². The summed E-state index contributed by atoms with van der Waals surface area (Å²) in [5, 5.41) is 17.8. The lowest BCUT2D eigenvalue weighted by molar-refractivity contribution is -0.384. The maximum atomic E-state index is 12.5. The van der Waals surface area contributed by atoms with Crippen LogP contribution in [0.4, 0.5) is 11.4 Å². The first-order valence-corrected chi connectivity index (χ1v) is 10.4. The molecule has 0 aliphatic heterocycles. The molecule has 1 atom stereocenters. The summed E-state index contributed by atoms with van der Waals surface area (Å²) in [7, 11) is 0. The molecule has 0 saturated carbocycles. The van der Waals surface area contributed by atoms with Crippen LogP contribution in [0.2, 0.25) is 5.02 Å². The molecule has 3 aromatic rings. The molecule has 1 amide bonds. The van der Waals surface area contributed by atoms with Crippen molar-refractivity contribution in [3.05, 3.63) is 60.7 Å². The van der Waals surface area contributed by atoms with Crippen LogP contribution in [0.25, 0.3) is 10.6 Å².